The summed E-state index contributed by atoms with van der Waals surface area (Å²) in [5, 5.41) is 2.79. The fraction of sp³-hybridized carbons (Fsp3) is 0.462. The predicted octanol–water partition coefficient (Wildman–Crippen LogP) is 1.75. The van der Waals surface area contributed by atoms with Gasteiger partial charge in [0.25, 0.3) is 0 Å². The Balaban J connectivity index is 2.08. The molecule has 0 heterocycles. The number of anilines is 1. The lowest BCUT2D eigenvalue weighted by Gasteiger charge is -2.12. The lowest BCUT2D eigenvalue weighted by atomic mass is 10.2. The second-order valence-corrected chi connectivity index (χ2v) is 7.36. The Morgan fingerprint density at radius 2 is 2.00 bits per heavy atom. The summed E-state index contributed by atoms with van der Waals surface area (Å²) in [4.78, 5) is 11.7. The van der Waals surface area contributed by atoms with Gasteiger partial charge in [-0.1, -0.05) is 24.4 Å². The van der Waals surface area contributed by atoms with Crippen LogP contribution >= 0.6 is 11.6 Å². The summed E-state index contributed by atoms with van der Waals surface area (Å²) < 4.78 is 24.3. The van der Waals surface area contributed by atoms with Gasteiger partial charge in [-0.25, -0.2) is 8.42 Å². The normalized spacial score (nSPS) is 16.2. The van der Waals surface area contributed by atoms with Gasteiger partial charge in [0, 0.05) is 11.7 Å². The smallest absolute Gasteiger partial charge is 0.235 e. The van der Waals surface area contributed by atoms with E-state index < -0.39 is 21.5 Å². The Morgan fingerprint density at radius 1 is 1.35 bits per heavy atom. The summed E-state index contributed by atoms with van der Waals surface area (Å²) >= 11 is 5.88. The molecule has 110 valence electrons. The fourth-order valence-electron chi connectivity index (χ4n) is 2.36. The van der Waals surface area contributed by atoms with Gasteiger partial charge < -0.3 is 11.1 Å². The van der Waals surface area contributed by atoms with E-state index in [9.17, 15) is 13.2 Å². The molecule has 7 heteroatoms. The van der Waals surface area contributed by atoms with Crippen LogP contribution in [0, 0.1) is 0 Å². The topological polar surface area (TPSA) is 89.3 Å². The minimum Gasteiger partial charge on any atom is -0.399 e. The number of amides is 1. The molecule has 0 spiro atoms. The number of hydrogen-bond donors (Lipinski definition) is 2. The third-order valence-electron chi connectivity index (χ3n) is 3.33. The average Bonchev–Trinajstić information content (AvgIpc) is 2.79. The Bertz CT molecular complexity index is 610. The minimum atomic E-state index is -3.75. The van der Waals surface area contributed by atoms with Crippen molar-refractivity contribution in [1.29, 1.82) is 0 Å². The molecular formula is C13H17ClN2O3S. The molecule has 1 aliphatic carbocycles. The molecular weight excluding hydrogens is 300 g/mol. The van der Waals surface area contributed by atoms with Gasteiger partial charge >= 0.3 is 0 Å². The molecule has 1 fully saturated rings. The first-order valence-corrected chi connectivity index (χ1v) is 8.48. The summed E-state index contributed by atoms with van der Waals surface area (Å²) in [6.45, 7) is 0. The fourth-order valence-corrected chi connectivity index (χ4v) is 4.12. The van der Waals surface area contributed by atoms with E-state index in [1.54, 1.807) is 0 Å². The van der Waals surface area contributed by atoms with Crippen LogP contribution in [0.2, 0.25) is 5.02 Å². The highest BCUT2D eigenvalue weighted by Gasteiger charge is 2.24. The molecule has 1 saturated carbocycles. The number of nitrogens with one attached hydrogen (secondary N) is 1. The van der Waals surface area contributed by atoms with E-state index in [-0.39, 0.29) is 16.0 Å². The highest BCUT2D eigenvalue weighted by atomic mass is 35.5. The first kappa shape index (κ1) is 15.1. The van der Waals surface area contributed by atoms with Crippen LogP contribution in [0.1, 0.15) is 25.7 Å². The molecule has 0 atom stereocenters. The van der Waals surface area contributed by atoms with Crippen molar-refractivity contribution in [3.8, 4) is 0 Å². The van der Waals surface area contributed by atoms with E-state index >= 15 is 0 Å². The lowest BCUT2D eigenvalue weighted by molar-refractivity contribution is -0.119. The molecule has 20 heavy (non-hydrogen) atoms. The number of benzene rings is 1. The van der Waals surface area contributed by atoms with Crippen molar-refractivity contribution in [2.75, 3.05) is 11.5 Å². The summed E-state index contributed by atoms with van der Waals surface area (Å²) in [6.07, 6.45) is 3.96. The Hall–Kier alpha value is -1.27. The zero-order valence-corrected chi connectivity index (χ0v) is 12.5. The third-order valence-corrected chi connectivity index (χ3v) is 5.43. The van der Waals surface area contributed by atoms with Gasteiger partial charge in [0.2, 0.25) is 5.91 Å². The number of rotatable bonds is 4. The maximum Gasteiger partial charge on any atom is 0.235 e. The molecule has 1 aromatic rings. The van der Waals surface area contributed by atoms with Gasteiger partial charge in [0.05, 0.1) is 9.92 Å². The van der Waals surface area contributed by atoms with Gasteiger partial charge in [0.1, 0.15) is 5.75 Å². The molecule has 0 unspecified atom stereocenters. The number of hydrogen-bond acceptors (Lipinski definition) is 4. The summed E-state index contributed by atoms with van der Waals surface area (Å²) in [6, 6.07) is 4.24. The van der Waals surface area contributed by atoms with Gasteiger partial charge in [-0.05, 0) is 31.0 Å². The number of nitrogen functional groups attached to an aromatic ring is 1. The van der Waals surface area contributed by atoms with E-state index in [1.807, 2.05) is 0 Å². The predicted molar refractivity (Wildman–Crippen MR) is 78.3 cm³/mol. The number of halogens is 1. The zero-order chi connectivity index (χ0) is 14.8. The minimum absolute atomic E-state index is 0.0404. The molecule has 1 aliphatic rings. The van der Waals surface area contributed by atoms with Crippen molar-refractivity contribution in [2.45, 2.75) is 36.6 Å². The van der Waals surface area contributed by atoms with Crippen molar-refractivity contribution >= 4 is 33.0 Å². The molecule has 0 aliphatic heterocycles. The van der Waals surface area contributed by atoms with E-state index in [4.69, 9.17) is 17.3 Å². The highest BCUT2D eigenvalue weighted by Crippen LogP contribution is 2.25. The van der Waals surface area contributed by atoms with E-state index in [1.165, 1.54) is 18.2 Å². The Morgan fingerprint density at radius 3 is 2.60 bits per heavy atom. The largest absolute Gasteiger partial charge is 0.399 e. The molecule has 2 rings (SSSR count). The molecule has 1 aromatic carbocycles. The quantitative estimate of drug-likeness (QED) is 0.828. The van der Waals surface area contributed by atoms with Crippen LogP contribution in [0.4, 0.5) is 5.69 Å². The van der Waals surface area contributed by atoms with Crippen molar-refractivity contribution in [3.05, 3.63) is 23.2 Å². The molecule has 1 amide bonds. The van der Waals surface area contributed by atoms with E-state index in [0.29, 0.717) is 5.69 Å². The van der Waals surface area contributed by atoms with Crippen molar-refractivity contribution in [2.24, 2.45) is 0 Å². The van der Waals surface area contributed by atoms with Gasteiger partial charge in [-0.2, -0.15) is 0 Å². The monoisotopic (exact) mass is 316 g/mol. The van der Waals surface area contributed by atoms with Crippen LogP contribution in [-0.4, -0.2) is 26.1 Å². The number of carbonyl (C=O) groups excluding carboxylic acids is 1. The van der Waals surface area contributed by atoms with Gasteiger partial charge in [-0.15, -0.1) is 0 Å². The van der Waals surface area contributed by atoms with Crippen molar-refractivity contribution < 1.29 is 13.2 Å². The first-order valence-electron chi connectivity index (χ1n) is 6.45. The number of nitrogens with two attached hydrogens (primary N) is 1. The molecule has 0 aromatic heterocycles. The number of carbonyl (C=O) groups is 1. The van der Waals surface area contributed by atoms with E-state index in [2.05, 4.69) is 5.32 Å². The Labute approximate surface area is 123 Å². The maximum atomic E-state index is 12.2. The number of sulfone groups is 1. The molecule has 5 nitrogen and oxygen atoms in total. The van der Waals surface area contributed by atoms with Gasteiger partial charge in [0.15, 0.2) is 9.84 Å². The summed E-state index contributed by atoms with van der Waals surface area (Å²) in [5.41, 5.74) is 5.90. The zero-order valence-electron chi connectivity index (χ0n) is 10.9. The van der Waals surface area contributed by atoms with Crippen LogP contribution in [0.15, 0.2) is 23.1 Å². The highest BCUT2D eigenvalue weighted by molar-refractivity contribution is 7.92. The molecule has 3 N–H and O–H groups in total. The summed E-state index contributed by atoms with van der Waals surface area (Å²) in [5.74, 6) is -1.07. The maximum absolute atomic E-state index is 12.2. The van der Waals surface area contributed by atoms with Crippen LogP contribution in [0.5, 0.6) is 0 Å². The van der Waals surface area contributed by atoms with Crippen LogP contribution < -0.4 is 11.1 Å². The van der Waals surface area contributed by atoms with Crippen LogP contribution in [0.25, 0.3) is 0 Å². The van der Waals surface area contributed by atoms with E-state index in [0.717, 1.165) is 25.7 Å². The second-order valence-electron chi connectivity index (χ2n) is 5.00. The van der Waals surface area contributed by atoms with Gasteiger partial charge in [-0.3, -0.25) is 4.79 Å². The molecule has 0 saturated heterocycles. The van der Waals surface area contributed by atoms with Crippen molar-refractivity contribution in [1.82, 2.24) is 5.32 Å². The second kappa shape index (κ2) is 6.01. The summed E-state index contributed by atoms with van der Waals surface area (Å²) in [7, 11) is -3.75. The van der Waals surface area contributed by atoms with Crippen LogP contribution in [-0.2, 0) is 14.6 Å². The average molecular weight is 317 g/mol. The standard InChI is InChI=1S/C13H17ClN2O3S/c14-11-7-9(15)5-6-12(11)20(18,19)8-13(17)16-10-3-1-2-4-10/h5-7,10H,1-4,8,15H2,(H,16,17). The molecule has 0 bridgehead atoms. The van der Waals surface area contributed by atoms with Crippen molar-refractivity contribution in [3.63, 3.8) is 0 Å². The SMILES string of the molecule is Nc1ccc(S(=O)(=O)CC(=O)NC2CCCC2)c(Cl)c1. The first-order chi connectivity index (χ1) is 9.38. The molecule has 0 radical (unpaired) electrons. The third kappa shape index (κ3) is 3.64. The lowest BCUT2D eigenvalue weighted by Crippen LogP contribution is -2.36. The Kier molecular flexibility index (Phi) is 4.55. The van der Waals surface area contributed by atoms with Crippen LogP contribution in [0.3, 0.4) is 0 Å².